The Morgan fingerprint density at radius 2 is 2.00 bits per heavy atom. The standard InChI is InChI=1S/C7H10BrN/c1-6(5-9)3-4-7(2)8/h3-4H,1-2,5,9H2/b4-3-. The molecule has 0 aromatic carbocycles. The zero-order valence-corrected chi connectivity index (χ0v) is 6.82. The van der Waals surface area contributed by atoms with E-state index in [1.54, 1.807) is 0 Å². The summed E-state index contributed by atoms with van der Waals surface area (Å²) in [6.07, 6.45) is 3.65. The van der Waals surface area contributed by atoms with Crippen molar-refractivity contribution < 1.29 is 0 Å². The fourth-order valence-corrected chi connectivity index (χ4v) is 0.408. The predicted molar refractivity (Wildman–Crippen MR) is 45.4 cm³/mol. The number of halogens is 1. The molecule has 0 rings (SSSR count). The van der Waals surface area contributed by atoms with Gasteiger partial charge in [-0.05, 0) is 11.6 Å². The van der Waals surface area contributed by atoms with Crippen LogP contribution in [0.4, 0.5) is 0 Å². The minimum absolute atomic E-state index is 0.497. The van der Waals surface area contributed by atoms with Gasteiger partial charge in [0.05, 0.1) is 0 Å². The molecule has 2 N–H and O–H groups in total. The molecular weight excluding hydrogens is 178 g/mol. The van der Waals surface area contributed by atoms with Gasteiger partial charge in [-0.25, -0.2) is 0 Å². The second-order valence-corrected chi connectivity index (χ2v) is 2.66. The van der Waals surface area contributed by atoms with Crippen LogP contribution in [0.1, 0.15) is 0 Å². The number of hydrogen-bond acceptors (Lipinski definition) is 1. The summed E-state index contributed by atoms with van der Waals surface area (Å²) in [5.41, 5.74) is 6.16. The molecule has 0 radical (unpaired) electrons. The molecule has 0 bridgehead atoms. The van der Waals surface area contributed by atoms with Gasteiger partial charge in [0.2, 0.25) is 0 Å². The van der Waals surface area contributed by atoms with Crippen LogP contribution in [-0.4, -0.2) is 6.54 Å². The summed E-state index contributed by atoms with van der Waals surface area (Å²) in [6, 6.07) is 0. The Bertz CT molecular complexity index is 147. The summed E-state index contributed by atoms with van der Waals surface area (Å²) in [6.45, 7) is 7.78. The lowest BCUT2D eigenvalue weighted by Gasteiger charge is -1.89. The second kappa shape index (κ2) is 4.53. The molecule has 0 fully saturated rings. The van der Waals surface area contributed by atoms with Crippen LogP contribution in [0.25, 0.3) is 0 Å². The Morgan fingerprint density at radius 3 is 2.33 bits per heavy atom. The van der Waals surface area contributed by atoms with E-state index in [2.05, 4.69) is 29.1 Å². The van der Waals surface area contributed by atoms with E-state index in [1.807, 2.05) is 12.2 Å². The number of allylic oxidation sites excluding steroid dienone is 2. The zero-order chi connectivity index (χ0) is 7.28. The molecule has 0 spiro atoms. The second-order valence-electron chi connectivity index (χ2n) is 1.64. The van der Waals surface area contributed by atoms with Gasteiger partial charge >= 0.3 is 0 Å². The van der Waals surface area contributed by atoms with E-state index < -0.39 is 0 Å². The van der Waals surface area contributed by atoms with Gasteiger partial charge in [-0.3, -0.25) is 0 Å². The molecule has 9 heavy (non-hydrogen) atoms. The first-order valence-electron chi connectivity index (χ1n) is 2.57. The largest absolute Gasteiger partial charge is 0.327 e. The summed E-state index contributed by atoms with van der Waals surface area (Å²) in [5, 5.41) is 0. The Labute approximate surface area is 64.1 Å². The molecule has 0 aliphatic heterocycles. The Balaban J connectivity index is 3.71. The van der Waals surface area contributed by atoms with Crippen LogP contribution in [0.5, 0.6) is 0 Å². The van der Waals surface area contributed by atoms with Crippen molar-refractivity contribution in [2.75, 3.05) is 6.54 Å². The van der Waals surface area contributed by atoms with Crippen molar-refractivity contribution in [3.05, 3.63) is 35.4 Å². The summed E-state index contributed by atoms with van der Waals surface area (Å²) >= 11 is 3.17. The normalized spacial score (nSPS) is 10.0. The molecule has 2 heteroatoms. The fourth-order valence-electron chi connectivity index (χ4n) is 0.276. The number of nitrogens with two attached hydrogens (primary N) is 1. The molecule has 0 saturated carbocycles. The smallest absolute Gasteiger partial charge is 0.0172 e. The summed E-state index contributed by atoms with van der Waals surface area (Å²) in [5.74, 6) is 0. The Morgan fingerprint density at radius 1 is 1.44 bits per heavy atom. The molecule has 0 heterocycles. The molecule has 0 atom stereocenters. The van der Waals surface area contributed by atoms with Gasteiger partial charge in [0.15, 0.2) is 0 Å². The summed E-state index contributed by atoms with van der Waals surface area (Å²) in [7, 11) is 0. The van der Waals surface area contributed by atoms with Crippen molar-refractivity contribution in [1.29, 1.82) is 0 Å². The van der Waals surface area contributed by atoms with Gasteiger partial charge in [0.1, 0.15) is 0 Å². The van der Waals surface area contributed by atoms with Gasteiger partial charge < -0.3 is 5.73 Å². The Kier molecular flexibility index (Phi) is 4.36. The fraction of sp³-hybridized carbons (Fsp3) is 0.143. The van der Waals surface area contributed by atoms with Crippen LogP contribution in [-0.2, 0) is 0 Å². The topological polar surface area (TPSA) is 26.0 Å². The van der Waals surface area contributed by atoms with Crippen LogP contribution in [0, 0.1) is 0 Å². The minimum atomic E-state index is 0.497. The lowest BCUT2D eigenvalue weighted by molar-refractivity contribution is 1.20. The molecule has 0 amide bonds. The van der Waals surface area contributed by atoms with E-state index in [1.165, 1.54) is 0 Å². The van der Waals surface area contributed by atoms with Gasteiger partial charge in [-0.15, -0.1) is 0 Å². The highest BCUT2D eigenvalue weighted by Gasteiger charge is 1.80. The first kappa shape index (κ1) is 8.66. The van der Waals surface area contributed by atoms with Gasteiger partial charge in [-0.2, -0.15) is 0 Å². The van der Waals surface area contributed by atoms with Crippen LogP contribution < -0.4 is 5.73 Å². The van der Waals surface area contributed by atoms with E-state index in [4.69, 9.17) is 5.73 Å². The molecule has 1 nitrogen and oxygen atoms in total. The zero-order valence-electron chi connectivity index (χ0n) is 5.23. The number of rotatable bonds is 3. The monoisotopic (exact) mass is 187 g/mol. The van der Waals surface area contributed by atoms with E-state index >= 15 is 0 Å². The minimum Gasteiger partial charge on any atom is -0.327 e. The van der Waals surface area contributed by atoms with E-state index in [-0.39, 0.29) is 0 Å². The van der Waals surface area contributed by atoms with E-state index in [9.17, 15) is 0 Å². The van der Waals surface area contributed by atoms with Crippen molar-refractivity contribution in [2.45, 2.75) is 0 Å². The maximum absolute atomic E-state index is 5.26. The van der Waals surface area contributed by atoms with Crippen molar-refractivity contribution in [3.8, 4) is 0 Å². The molecule has 0 saturated heterocycles. The average Bonchev–Trinajstić information content (AvgIpc) is 1.83. The molecule has 50 valence electrons. The third kappa shape index (κ3) is 5.53. The van der Waals surface area contributed by atoms with Crippen molar-refractivity contribution in [2.24, 2.45) is 5.73 Å². The first-order chi connectivity index (χ1) is 4.16. The average molecular weight is 188 g/mol. The highest BCUT2D eigenvalue weighted by atomic mass is 79.9. The maximum atomic E-state index is 5.26. The third-order valence-electron chi connectivity index (χ3n) is 0.762. The first-order valence-corrected chi connectivity index (χ1v) is 3.36. The summed E-state index contributed by atoms with van der Waals surface area (Å²) in [4.78, 5) is 0. The lowest BCUT2D eigenvalue weighted by atomic mass is 10.3. The molecule has 0 aromatic heterocycles. The van der Waals surface area contributed by atoms with Crippen molar-refractivity contribution in [3.63, 3.8) is 0 Å². The molecule has 0 aliphatic rings. The van der Waals surface area contributed by atoms with Crippen LogP contribution in [0.2, 0.25) is 0 Å². The highest BCUT2D eigenvalue weighted by molar-refractivity contribution is 9.11. The summed E-state index contributed by atoms with van der Waals surface area (Å²) < 4.78 is 0.831. The molecule has 0 aliphatic carbocycles. The van der Waals surface area contributed by atoms with Gasteiger partial charge in [-0.1, -0.05) is 35.2 Å². The molecular formula is C7H10BrN. The predicted octanol–water partition coefficient (Wildman–Crippen LogP) is 1.97. The SMILES string of the molecule is C=C(Br)/C=C\C(=C)CN. The number of hydrogen-bond donors (Lipinski definition) is 1. The maximum Gasteiger partial charge on any atom is 0.0172 e. The van der Waals surface area contributed by atoms with E-state index in [0.717, 1.165) is 10.1 Å². The van der Waals surface area contributed by atoms with Crippen molar-refractivity contribution in [1.82, 2.24) is 0 Å². The van der Waals surface area contributed by atoms with E-state index in [0.29, 0.717) is 6.54 Å². The van der Waals surface area contributed by atoms with Gasteiger partial charge in [0.25, 0.3) is 0 Å². The van der Waals surface area contributed by atoms with Crippen LogP contribution >= 0.6 is 15.9 Å². The molecule has 0 unspecified atom stereocenters. The lowest BCUT2D eigenvalue weighted by Crippen LogP contribution is -1.98. The highest BCUT2D eigenvalue weighted by Crippen LogP contribution is 2.03. The van der Waals surface area contributed by atoms with Crippen molar-refractivity contribution >= 4 is 15.9 Å². The third-order valence-corrected chi connectivity index (χ3v) is 1.03. The van der Waals surface area contributed by atoms with Gasteiger partial charge in [0, 0.05) is 11.0 Å². The van der Waals surface area contributed by atoms with Crippen LogP contribution in [0.3, 0.4) is 0 Å². The van der Waals surface area contributed by atoms with Crippen LogP contribution in [0.15, 0.2) is 35.4 Å². The molecule has 0 aromatic rings. The Hall–Kier alpha value is -0.340. The quantitative estimate of drug-likeness (QED) is 0.673.